The van der Waals surface area contributed by atoms with Gasteiger partial charge in [-0.3, -0.25) is 0 Å². The first-order chi connectivity index (χ1) is 5.45. The summed E-state index contributed by atoms with van der Waals surface area (Å²) in [6.45, 7) is 0. The summed E-state index contributed by atoms with van der Waals surface area (Å²) < 4.78 is 0. The smallest absolute Gasteiger partial charge is 0.0349 e. The lowest BCUT2D eigenvalue weighted by Crippen LogP contribution is -1.93. The lowest BCUT2D eigenvalue weighted by atomic mass is 10.0. The van der Waals surface area contributed by atoms with Gasteiger partial charge in [0.15, 0.2) is 0 Å². The van der Waals surface area contributed by atoms with Crippen molar-refractivity contribution >= 4 is 0 Å². The fraction of sp³-hybridized carbons (Fsp3) is 1.00. The molecule has 0 heterocycles. The van der Waals surface area contributed by atoms with E-state index in [0.29, 0.717) is 0 Å². The number of hydrogen-bond acceptors (Lipinski definition) is 0. The van der Waals surface area contributed by atoms with Crippen molar-refractivity contribution in [3.63, 3.8) is 0 Å². The van der Waals surface area contributed by atoms with Crippen LogP contribution in [0.2, 0.25) is 0 Å². The monoisotopic (exact) mass is 148 g/mol. The van der Waals surface area contributed by atoms with Crippen LogP contribution < -0.4 is 0 Å². The molecule has 0 N–H and O–H groups in total. The maximum atomic E-state index is 1.66. The average Bonchev–Trinajstić information content (AvgIpc) is 2.44. The molecule has 4 fully saturated rings. The molecule has 0 aromatic heterocycles. The van der Waals surface area contributed by atoms with E-state index >= 15 is 0 Å². The highest BCUT2D eigenvalue weighted by molar-refractivity contribution is 5.11. The van der Waals surface area contributed by atoms with Crippen molar-refractivity contribution in [3.8, 4) is 0 Å². The van der Waals surface area contributed by atoms with Crippen molar-refractivity contribution in [3.05, 3.63) is 0 Å². The fourth-order valence-electron chi connectivity index (χ4n) is 4.02. The molecule has 4 saturated carbocycles. The molecule has 4 atom stereocenters. The molecule has 0 aromatic rings. The molecule has 0 heteroatoms. The molecule has 0 bridgehead atoms. The highest BCUT2D eigenvalue weighted by Crippen LogP contribution is 2.70. The van der Waals surface area contributed by atoms with Crippen molar-refractivity contribution in [1.82, 2.24) is 0 Å². The van der Waals surface area contributed by atoms with E-state index in [-0.39, 0.29) is 0 Å². The maximum absolute atomic E-state index is 1.66. The van der Waals surface area contributed by atoms with E-state index in [1.54, 1.807) is 32.1 Å². The van der Waals surface area contributed by atoms with Gasteiger partial charge >= 0.3 is 0 Å². The van der Waals surface area contributed by atoms with E-state index < -0.39 is 0 Å². The molecule has 0 spiro atoms. The Morgan fingerprint density at radius 1 is 0.636 bits per heavy atom. The molecule has 0 aliphatic heterocycles. The van der Waals surface area contributed by atoms with Crippen LogP contribution in [0.25, 0.3) is 0 Å². The van der Waals surface area contributed by atoms with Crippen LogP contribution in [0.1, 0.15) is 32.1 Å². The Labute approximate surface area is 68.4 Å². The Kier molecular flexibility index (Phi) is 0.781. The minimum Gasteiger partial charge on any atom is -0.0496 e. The lowest BCUT2D eigenvalue weighted by Gasteiger charge is -2.04. The van der Waals surface area contributed by atoms with E-state index in [4.69, 9.17) is 0 Å². The normalized spacial score (nSPS) is 68.7. The second-order valence-electron chi connectivity index (χ2n) is 5.37. The van der Waals surface area contributed by atoms with Crippen molar-refractivity contribution < 1.29 is 0 Å². The van der Waals surface area contributed by atoms with Gasteiger partial charge in [-0.05, 0) is 67.6 Å². The Morgan fingerprint density at radius 3 is 1.27 bits per heavy atom. The first-order valence-corrected chi connectivity index (χ1v) is 5.45. The van der Waals surface area contributed by atoms with Crippen LogP contribution in [0.4, 0.5) is 0 Å². The van der Waals surface area contributed by atoms with Gasteiger partial charge < -0.3 is 0 Å². The Hall–Kier alpha value is 0. The molecule has 4 aliphatic carbocycles. The first-order valence-electron chi connectivity index (χ1n) is 5.45. The topological polar surface area (TPSA) is 0 Å². The minimum atomic E-state index is 1.24. The van der Waals surface area contributed by atoms with Crippen molar-refractivity contribution in [2.24, 2.45) is 35.5 Å². The zero-order valence-electron chi connectivity index (χ0n) is 7.00. The number of hydrogen-bond donors (Lipinski definition) is 0. The third-order valence-electron chi connectivity index (χ3n) is 5.23. The Balaban J connectivity index is 1.41. The summed E-state index contributed by atoms with van der Waals surface area (Å²) in [7, 11) is 0. The molecular weight excluding hydrogens is 132 g/mol. The molecule has 0 aromatic carbocycles. The summed E-state index contributed by atoms with van der Waals surface area (Å²) in [6, 6.07) is 0. The van der Waals surface area contributed by atoms with Gasteiger partial charge in [-0.15, -0.1) is 0 Å². The third-order valence-corrected chi connectivity index (χ3v) is 5.23. The minimum absolute atomic E-state index is 1.24. The van der Waals surface area contributed by atoms with Gasteiger partial charge in [-0.2, -0.15) is 0 Å². The summed E-state index contributed by atoms with van der Waals surface area (Å²) in [5.74, 6) is 7.46. The van der Waals surface area contributed by atoms with Crippen molar-refractivity contribution in [2.45, 2.75) is 32.1 Å². The molecule has 0 nitrogen and oxygen atoms in total. The standard InChI is InChI=1S/C11H16/c1-2-7-6(1)10(7)5-11-8-3-4-9(8)11/h6-11H,1-5H2. The van der Waals surface area contributed by atoms with Gasteiger partial charge in [-0.1, -0.05) is 0 Å². The van der Waals surface area contributed by atoms with Crippen molar-refractivity contribution in [2.75, 3.05) is 0 Å². The van der Waals surface area contributed by atoms with E-state index in [0.717, 1.165) is 0 Å². The largest absolute Gasteiger partial charge is 0.0496 e. The first kappa shape index (κ1) is 5.61. The maximum Gasteiger partial charge on any atom is -0.0349 e. The van der Waals surface area contributed by atoms with Crippen LogP contribution >= 0.6 is 0 Å². The lowest BCUT2D eigenvalue weighted by molar-refractivity contribution is 0.468. The van der Waals surface area contributed by atoms with Gasteiger partial charge in [-0.25, -0.2) is 0 Å². The highest BCUT2D eigenvalue weighted by Gasteiger charge is 2.62. The van der Waals surface area contributed by atoms with Gasteiger partial charge in [0.1, 0.15) is 0 Å². The average molecular weight is 148 g/mol. The van der Waals surface area contributed by atoms with E-state index in [2.05, 4.69) is 0 Å². The highest BCUT2D eigenvalue weighted by atomic mass is 14.7. The molecule has 4 unspecified atom stereocenters. The SMILES string of the molecule is C1CC2C1C2CC1C2CCC21. The van der Waals surface area contributed by atoms with Gasteiger partial charge in [0.05, 0.1) is 0 Å². The zero-order valence-corrected chi connectivity index (χ0v) is 7.00. The van der Waals surface area contributed by atoms with Gasteiger partial charge in [0, 0.05) is 0 Å². The number of rotatable bonds is 2. The summed E-state index contributed by atoms with van der Waals surface area (Å²) in [4.78, 5) is 0. The summed E-state index contributed by atoms with van der Waals surface area (Å²) in [5, 5.41) is 0. The summed E-state index contributed by atoms with van der Waals surface area (Å²) >= 11 is 0. The fourth-order valence-corrected chi connectivity index (χ4v) is 4.02. The van der Waals surface area contributed by atoms with Crippen LogP contribution in [0.3, 0.4) is 0 Å². The van der Waals surface area contributed by atoms with Crippen molar-refractivity contribution in [1.29, 1.82) is 0 Å². The predicted molar refractivity (Wildman–Crippen MR) is 44.0 cm³/mol. The van der Waals surface area contributed by atoms with E-state index in [9.17, 15) is 0 Å². The second kappa shape index (κ2) is 1.53. The van der Waals surface area contributed by atoms with Crippen LogP contribution in [0.5, 0.6) is 0 Å². The Morgan fingerprint density at radius 2 is 1.00 bits per heavy atom. The summed E-state index contributed by atoms with van der Waals surface area (Å²) in [5.41, 5.74) is 0. The molecule has 11 heavy (non-hydrogen) atoms. The predicted octanol–water partition coefficient (Wildman–Crippen LogP) is 2.69. The van der Waals surface area contributed by atoms with Gasteiger partial charge in [0.25, 0.3) is 0 Å². The van der Waals surface area contributed by atoms with Crippen LogP contribution in [0.15, 0.2) is 0 Å². The molecular formula is C11H16. The van der Waals surface area contributed by atoms with Crippen LogP contribution in [-0.4, -0.2) is 0 Å². The van der Waals surface area contributed by atoms with Crippen LogP contribution in [0, 0.1) is 35.5 Å². The van der Waals surface area contributed by atoms with Gasteiger partial charge in [0.2, 0.25) is 0 Å². The third kappa shape index (κ3) is 0.554. The Bertz CT molecular complexity index is 166. The molecule has 4 rings (SSSR count). The quantitative estimate of drug-likeness (QED) is 0.565. The van der Waals surface area contributed by atoms with E-state index in [1.165, 1.54) is 35.5 Å². The molecule has 0 radical (unpaired) electrons. The zero-order chi connectivity index (χ0) is 7.00. The second-order valence-corrected chi connectivity index (χ2v) is 5.37. The number of fused-ring (bicyclic) bond motifs is 2. The molecule has 60 valence electrons. The molecule has 0 saturated heterocycles. The molecule has 0 amide bonds. The van der Waals surface area contributed by atoms with E-state index in [1.807, 2.05) is 0 Å². The summed E-state index contributed by atoms with van der Waals surface area (Å²) in [6.07, 6.45) is 8.04. The molecule has 4 aliphatic rings. The van der Waals surface area contributed by atoms with Crippen LogP contribution in [-0.2, 0) is 0 Å².